The SMILES string of the molecule is OC1(/C=C/Cc2ccccc2)CCCCC1. The van der Waals surface area contributed by atoms with E-state index in [4.69, 9.17) is 0 Å². The first-order valence-electron chi connectivity index (χ1n) is 6.23. The minimum absolute atomic E-state index is 0.521. The minimum atomic E-state index is -0.521. The highest BCUT2D eigenvalue weighted by Gasteiger charge is 2.25. The molecule has 1 saturated carbocycles. The van der Waals surface area contributed by atoms with Crippen LogP contribution in [0, 0.1) is 0 Å². The zero-order valence-electron chi connectivity index (χ0n) is 9.73. The molecule has 1 aliphatic carbocycles. The number of allylic oxidation sites excluding steroid dienone is 1. The molecule has 1 nitrogen and oxygen atoms in total. The van der Waals surface area contributed by atoms with Gasteiger partial charge in [0.05, 0.1) is 5.60 Å². The number of rotatable bonds is 3. The Labute approximate surface area is 97.8 Å². The van der Waals surface area contributed by atoms with Crippen molar-refractivity contribution in [3.63, 3.8) is 0 Å². The molecule has 1 N–H and O–H groups in total. The van der Waals surface area contributed by atoms with Crippen molar-refractivity contribution in [3.05, 3.63) is 48.0 Å². The monoisotopic (exact) mass is 216 g/mol. The summed E-state index contributed by atoms with van der Waals surface area (Å²) in [6.45, 7) is 0. The third kappa shape index (κ3) is 3.21. The van der Waals surface area contributed by atoms with Gasteiger partial charge in [0.2, 0.25) is 0 Å². The maximum Gasteiger partial charge on any atom is 0.0827 e. The van der Waals surface area contributed by atoms with E-state index in [0.29, 0.717) is 0 Å². The van der Waals surface area contributed by atoms with Crippen LogP contribution in [0.25, 0.3) is 0 Å². The largest absolute Gasteiger partial charge is 0.386 e. The van der Waals surface area contributed by atoms with Crippen LogP contribution in [0.5, 0.6) is 0 Å². The van der Waals surface area contributed by atoms with Crippen LogP contribution in [0.4, 0.5) is 0 Å². The zero-order chi connectivity index (χ0) is 11.3. The molecule has 1 aliphatic rings. The molecule has 0 saturated heterocycles. The second-order valence-electron chi connectivity index (χ2n) is 4.76. The molecule has 0 aliphatic heterocycles. The van der Waals surface area contributed by atoms with E-state index in [1.54, 1.807) is 0 Å². The van der Waals surface area contributed by atoms with Crippen LogP contribution in [-0.2, 0) is 6.42 Å². The summed E-state index contributed by atoms with van der Waals surface area (Å²) in [6, 6.07) is 10.4. The van der Waals surface area contributed by atoms with Crippen LogP contribution in [0.2, 0.25) is 0 Å². The normalized spacial score (nSPS) is 20.1. The lowest BCUT2D eigenvalue weighted by Gasteiger charge is -2.28. The Kier molecular flexibility index (Phi) is 3.79. The van der Waals surface area contributed by atoms with Crippen LogP contribution in [0.3, 0.4) is 0 Å². The molecule has 0 amide bonds. The predicted octanol–water partition coefficient (Wildman–Crippen LogP) is 3.48. The quantitative estimate of drug-likeness (QED) is 0.767. The van der Waals surface area contributed by atoms with Crippen molar-refractivity contribution in [2.24, 2.45) is 0 Å². The first kappa shape index (κ1) is 11.4. The van der Waals surface area contributed by atoms with E-state index in [1.807, 2.05) is 12.1 Å². The molecule has 0 radical (unpaired) electrons. The zero-order valence-corrected chi connectivity index (χ0v) is 9.73. The van der Waals surface area contributed by atoms with Gasteiger partial charge in [0.1, 0.15) is 0 Å². The van der Waals surface area contributed by atoms with Crippen molar-refractivity contribution in [3.8, 4) is 0 Å². The highest BCUT2D eigenvalue weighted by Crippen LogP contribution is 2.29. The van der Waals surface area contributed by atoms with E-state index < -0.39 is 5.60 Å². The molecule has 0 bridgehead atoms. The highest BCUT2D eigenvalue weighted by atomic mass is 16.3. The number of hydrogen-bond acceptors (Lipinski definition) is 1. The van der Waals surface area contributed by atoms with Gasteiger partial charge in [-0.05, 0) is 24.8 Å². The molecule has 1 fully saturated rings. The van der Waals surface area contributed by atoms with Crippen LogP contribution in [0.15, 0.2) is 42.5 Å². The smallest absolute Gasteiger partial charge is 0.0827 e. The summed E-state index contributed by atoms with van der Waals surface area (Å²) < 4.78 is 0. The highest BCUT2D eigenvalue weighted by molar-refractivity contribution is 5.18. The molecular formula is C15H20O. The van der Waals surface area contributed by atoms with Gasteiger partial charge < -0.3 is 5.11 Å². The Hall–Kier alpha value is -1.08. The summed E-state index contributed by atoms with van der Waals surface area (Å²) in [5, 5.41) is 10.3. The topological polar surface area (TPSA) is 20.2 Å². The van der Waals surface area contributed by atoms with Crippen molar-refractivity contribution < 1.29 is 5.11 Å². The van der Waals surface area contributed by atoms with Crippen LogP contribution in [-0.4, -0.2) is 10.7 Å². The second-order valence-corrected chi connectivity index (χ2v) is 4.76. The minimum Gasteiger partial charge on any atom is -0.386 e. The lowest BCUT2D eigenvalue weighted by atomic mass is 9.84. The number of hydrogen-bond donors (Lipinski definition) is 1. The van der Waals surface area contributed by atoms with Gasteiger partial charge in [-0.15, -0.1) is 0 Å². The van der Waals surface area contributed by atoms with Gasteiger partial charge in [0.15, 0.2) is 0 Å². The number of benzene rings is 1. The lowest BCUT2D eigenvalue weighted by molar-refractivity contribution is 0.0511. The van der Waals surface area contributed by atoms with Gasteiger partial charge in [0.25, 0.3) is 0 Å². The summed E-state index contributed by atoms with van der Waals surface area (Å²) in [7, 11) is 0. The molecule has 1 heteroatoms. The van der Waals surface area contributed by atoms with Crippen molar-refractivity contribution in [1.29, 1.82) is 0 Å². The maximum atomic E-state index is 10.3. The molecule has 1 aromatic carbocycles. The Morgan fingerprint density at radius 2 is 1.75 bits per heavy atom. The lowest BCUT2D eigenvalue weighted by Crippen LogP contribution is -2.28. The maximum absolute atomic E-state index is 10.3. The van der Waals surface area contributed by atoms with Gasteiger partial charge in [0, 0.05) is 0 Å². The van der Waals surface area contributed by atoms with Gasteiger partial charge >= 0.3 is 0 Å². The molecule has 2 rings (SSSR count). The molecule has 0 atom stereocenters. The summed E-state index contributed by atoms with van der Waals surface area (Å²) in [5.41, 5.74) is 0.783. The molecule has 0 aromatic heterocycles. The molecule has 86 valence electrons. The fraction of sp³-hybridized carbons (Fsp3) is 0.467. The van der Waals surface area contributed by atoms with Crippen molar-refractivity contribution in [2.75, 3.05) is 0 Å². The van der Waals surface area contributed by atoms with Crippen molar-refractivity contribution in [2.45, 2.75) is 44.1 Å². The summed E-state index contributed by atoms with van der Waals surface area (Å²) >= 11 is 0. The average Bonchev–Trinajstić information content (AvgIpc) is 2.31. The third-order valence-electron chi connectivity index (χ3n) is 3.34. The predicted molar refractivity (Wildman–Crippen MR) is 67.3 cm³/mol. The first-order chi connectivity index (χ1) is 7.79. The van der Waals surface area contributed by atoms with E-state index in [2.05, 4.69) is 30.3 Å². The molecule has 0 heterocycles. The average molecular weight is 216 g/mol. The van der Waals surface area contributed by atoms with Crippen molar-refractivity contribution >= 4 is 0 Å². The second kappa shape index (κ2) is 5.31. The Morgan fingerprint density at radius 3 is 2.44 bits per heavy atom. The van der Waals surface area contributed by atoms with E-state index in [9.17, 15) is 5.11 Å². The van der Waals surface area contributed by atoms with Crippen LogP contribution < -0.4 is 0 Å². The van der Waals surface area contributed by atoms with Gasteiger partial charge in [-0.3, -0.25) is 0 Å². The Balaban J connectivity index is 1.89. The molecular weight excluding hydrogens is 196 g/mol. The molecule has 1 aromatic rings. The van der Waals surface area contributed by atoms with E-state index in [-0.39, 0.29) is 0 Å². The summed E-state index contributed by atoms with van der Waals surface area (Å²) in [6.07, 6.45) is 10.5. The molecule has 0 spiro atoms. The van der Waals surface area contributed by atoms with Crippen molar-refractivity contribution in [1.82, 2.24) is 0 Å². The first-order valence-corrected chi connectivity index (χ1v) is 6.23. The van der Waals surface area contributed by atoms with E-state index in [0.717, 1.165) is 32.1 Å². The van der Waals surface area contributed by atoms with Gasteiger partial charge in [-0.2, -0.15) is 0 Å². The molecule has 0 unspecified atom stereocenters. The van der Waals surface area contributed by atoms with Gasteiger partial charge in [-0.25, -0.2) is 0 Å². The van der Waals surface area contributed by atoms with Crippen LogP contribution >= 0.6 is 0 Å². The summed E-state index contributed by atoms with van der Waals surface area (Å²) in [4.78, 5) is 0. The van der Waals surface area contributed by atoms with E-state index in [1.165, 1.54) is 12.0 Å². The third-order valence-corrected chi connectivity index (χ3v) is 3.34. The fourth-order valence-corrected chi connectivity index (χ4v) is 2.36. The van der Waals surface area contributed by atoms with E-state index >= 15 is 0 Å². The van der Waals surface area contributed by atoms with Gasteiger partial charge in [-0.1, -0.05) is 61.7 Å². The number of aliphatic hydroxyl groups is 1. The Bertz CT molecular complexity index is 334. The standard InChI is InChI=1S/C15H20O/c16-15(11-5-2-6-12-15)13-7-10-14-8-3-1-4-9-14/h1,3-4,7-9,13,16H,2,5-6,10-12H2/b13-7+. The molecule has 16 heavy (non-hydrogen) atoms. The van der Waals surface area contributed by atoms with Crippen LogP contribution in [0.1, 0.15) is 37.7 Å². The fourth-order valence-electron chi connectivity index (χ4n) is 2.36. The summed E-state index contributed by atoms with van der Waals surface area (Å²) in [5.74, 6) is 0. The Morgan fingerprint density at radius 1 is 1.06 bits per heavy atom.